The van der Waals surface area contributed by atoms with E-state index in [1.165, 1.54) is 17.7 Å². The van der Waals surface area contributed by atoms with E-state index in [0.717, 1.165) is 10.6 Å². The van der Waals surface area contributed by atoms with Gasteiger partial charge < -0.3 is 5.32 Å². The Morgan fingerprint density at radius 2 is 2.00 bits per heavy atom. The molecule has 0 radical (unpaired) electrons. The summed E-state index contributed by atoms with van der Waals surface area (Å²) in [7, 11) is -3.46. The molecule has 8 nitrogen and oxygen atoms in total. The number of nitrogens with zero attached hydrogens (tertiary/aromatic N) is 4. The summed E-state index contributed by atoms with van der Waals surface area (Å²) in [6, 6.07) is 7.04. The van der Waals surface area contributed by atoms with Gasteiger partial charge in [-0.25, -0.2) is 27.8 Å². The first-order chi connectivity index (χ1) is 11.9. The van der Waals surface area contributed by atoms with Gasteiger partial charge in [0.15, 0.2) is 5.82 Å². The molecule has 3 rings (SSSR count). The Morgan fingerprint density at radius 3 is 2.68 bits per heavy atom. The van der Waals surface area contributed by atoms with E-state index in [2.05, 4.69) is 25.1 Å². The van der Waals surface area contributed by atoms with E-state index in [9.17, 15) is 8.42 Å². The zero-order valence-corrected chi connectivity index (χ0v) is 15.4. The average molecular weight is 378 g/mol. The van der Waals surface area contributed by atoms with Crippen LogP contribution in [0.15, 0.2) is 41.0 Å². The minimum Gasteiger partial charge on any atom is -0.369 e. The number of anilines is 1. The number of aromatic nitrogens is 4. The van der Waals surface area contributed by atoms with Gasteiger partial charge in [-0.05, 0) is 32.0 Å². The fraction of sp³-hybridized carbons (Fsp3) is 0.267. The van der Waals surface area contributed by atoms with Crippen molar-refractivity contribution in [1.29, 1.82) is 0 Å². The number of aryl methyl sites for hydroxylation is 2. The van der Waals surface area contributed by atoms with Crippen LogP contribution in [0.2, 0.25) is 0 Å². The molecule has 0 aromatic carbocycles. The summed E-state index contributed by atoms with van der Waals surface area (Å²) in [5.74, 6) is 1.24. The highest BCUT2D eigenvalue weighted by Crippen LogP contribution is 2.20. The zero-order valence-electron chi connectivity index (χ0n) is 13.8. The van der Waals surface area contributed by atoms with Crippen LogP contribution >= 0.6 is 11.3 Å². The summed E-state index contributed by atoms with van der Waals surface area (Å²) in [4.78, 5) is 9.26. The van der Waals surface area contributed by atoms with E-state index >= 15 is 0 Å². The highest BCUT2D eigenvalue weighted by molar-refractivity contribution is 7.91. The van der Waals surface area contributed by atoms with Gasteiger partial charge >= 0.3 is 0 Å². The van der Waals surface area contributed by atoms with Gasteiger partial charge in [-0.1, -0.05) is 0 Å². The first kappa shape index (κ1) is 17.5. The van der Waals surface area contributed by atoms with E-state index in [1.807, 2.05) is 26.1 Å². The van der Waals surface area contributed by atoms with Crippen molar-refractivity contribution in [2.45, 2.75) is 18.1 Å². The standard InChI is InChI=1S/C15H18N6O2S2/c1-11-5-8-21(20-11)14-9-13(17-10-18-14)16-6-7-19-25(22,23)15-4-3-12(2)24-15/h3-5,8-10,19H,6-7H2,1-2H3,(H,16,17,18). The van der Waals surface area contributed by atoms with Crippen LogP contribution in [0, 0.1) is 13.8 Å². The molecule has 132 valence electrons. The van der Waals surface area contributed by atoms with Crippen molar-refractivity contribution in [1.82, 2.24) is 24.5 Å². The fourth-order valence-electron chi connectivity index (χ4n) is 2.12. The van der Waals surface area contributed by atoms with Crippen LogP contribution in [0.25, 0.3) is 5.82 Å². The summed E-state index contributed by atoms with van der Waals surface area (Å²) in [6.45, 7) is 4.43. The molecule has 0 bridgehead atoms. The number of thiophene rings is 1. The van der Waals surface area contributed by atoms with Crippen LogP contribution in [0.5, 0.6) is 0 Å². The second kappa shape index (κ2) is 7.30. The van der Waals surface area contributed by atoms with Gasteiger partial charge in [-0.15, -0.1) is 11.3 Å². The number of sulfonamides is 1. The molecule has 0 saturated carbocycles. The van der Waals surface area contributed by atoms with Crippen LogP contribution in [0.4, 0.5) is 5.82 Å². The highest BCUT2D eigenvalue weighted by atomic mass is 32.2. The predicted octanol–water partition coefficient (Wildman–Crippen LogP) is 1.73. The molecule has 25 heavy (non-hydrogen) atoms. The predicted molar refractivity (Wildman–Crippen MR) is 96.6 cm³/mol. The van der Waals surface area contributed by atoms with Gasteiger partial charge in [-0.3, -0.25) is 0 Å². The molecule has 2 N–H and O–H groups in total. The molecule has 0 aliphatic rings. The first-order valence-corrected chi connectivity index (χ1v) is 9.89. The number of rotatable bonds is 7. The largest absolute Gasteiger partial charge is 0.369 e. The molecule has 0 saturated heterocycles. The number of hydrogen-bond acceptors (Lipinski definition) is 7. The molecule has 10 heteroatoms. The Kier molecular flexibility index (Phi) is 5.11. The smallest absolute Gasteiger partial charge is 0.250 e. The lowest BCUT2D eigenvalue weighted by Crippen LogP contribution is -2.28. The van der Waals surface area contributed by atoms with Crippen LogP contribution in [-0.2, 0) is 10.0 Å². The van der Waals surface area contributed by atoms with Gasteiger partial charge in [0.1, 0.15) is 16.4 Å². The van der Waals surface area contributed by atoms with E-state index in [1.54, 1.807) is 22.9 Å². The van der Waals surface area contributed by atoms with Crippen molar-refractivity contribution >= 4 is 27.2 Å². The molecule has 3 aromatic rings. The van der Waals surface area contributed by atoms with Crippen molar-refractivity contribution < 1.29 is 8.42 Å². The molecule has 0 spiro atoms. The van der Waals surface area contributed by atoms with Crippen molar-refractivity contribution in [2.24, 2.45) is 0 Å². The molecule has 0 aliphatic carbocycles. The lowest BCUT2D eigenvalue weighted by Gasteiger charge is -2.08. The summed E-state index contributed by atoms with van der Waals surface area (Å²) in [5, 5.41) is 7.37. The maximum Gasteiger partial charge on any atom is 0.250 e. The molecule has 0 amide bonds. The normalized spacial score (nSPS) is 11.6. The van der Waals surface area contributed by atoms with E-state index in [-0.39, 0.29) is 6.54 Å². The van der Waals surface area contributed by atoms with Gasteiger partial charge in [0.25, 0.3) is 0 Å². The van der Waals surface area contributed by atoms with Gasteiger partial charge in [-0.2, -0.15) is 5.10 Å². The van der Waals surface area contributed by atoms with Gasteiger partial charge in [0, 0.05) is 30.2 Å². The van der Waals surface area contributed by atoms with Crippen LogP contribution in [-0.4, -0.2) is 41.3 Å². The van der Waals surface area contributed by atoms with Gasteiger partial charge in [0.2, 0.25) is 10.0 Å². The minimum absolute atomic E-state index is 0.249. The van der Waals surface area contributed by atoms with Crippen molar-refractivity contribution in [2.75, 3.05) is 18.4 Å². The van der Waals surface area contributed by atoms with Crippen molar-refractivity contribution in [3.05, 3.63) is 47.4 Å². The third kappa shape index (κ3) is 4.41. The monoisotopic (exact) mass is 378 g/mol. The average Bonchev–Trinajstić information content (AvgIpc) is 3.21. The van der Waals surface area contributed by atoms with Gasteiger partial charge in [0.05, 0.1) is 5.69 Å². The Morgan fingerprint density at radius 1 is 1.16 bits per heavy atom. The first-order valence-electron chi connectivity index (χ1n) is 7.59. The number of nitrogens with one attached hydrogen (secondary N) is 2. The molecule has 0 aliphatic heterocycles. The van der Waals surface area contributed by atoms with Crippen molar-refractivity contribution in [3.63, 3.8) is 0 Å². The minimum atomic E-state index is -3.46. The second-order valence-corrected chi connectivity index (χ2v) is 8.63. The molecule has 3 heterocycles. The summed E-state index contributed by atoms with van der Waals surface area (Å²) < 4.78 is 28.8. The highest BCUT2D eigenvalue weighted by Gasteiger charge is 2.15. The molecular formula is C15H18N6O2S2. The lowest BCUT2D eigenvalue weighted by atomic mass is 10.5. The fourth-order valence-corrected chi connectivity index (χ4v) is 4.47. The van der Waals surface area contributed by atoms with Crippen LogP contribution in [0.1, 0.15) is 10.6 Å². The third-order valence-electron chi connectivity index (χ3n) is 3.31. The molecule has 3 aromatic heterocycles. The Bertz CT molecular complexity index is 964. The number of hydrogen-bond donors (Lipinski definition) is 2. The van der Waals surface area contributed by atoms with E-state index in [0.29, 0.717) is 22.4 Å². The second-order valence-electron chi connectivity index (χ2n) is 5.35. The van der Waals surface area contributed by atoms with Crippen LogP contribution < -0.4 is 10.0 Å². The SMILES string of the molecule is Cc1ccn(-c2cc(NCCNS(=O)(=O)c3ccc(C)s3)ncn2)n1. The molecule has 0 fully saturated rings. The molecular weight excluding hydrogens is 360 g/mol. The topological polar surface area (TPSA) is 102 Å². The maximum atomic E-state index is 12.1. The maximum absolute atomic E-state index is 12.1. The quantitative estimate of drug-likeness (QED) is 0.607. The molecule has 0 atom stereocenters. The molecule has 0 unspecified atom stereocenters. The Hall–Kier alpha value is -2.30. The zero-order chi connectivity index (χ0) is 17.9. The summed E-state index contributed by atoms with van der Waals surface area (Å²) >= 11 is 1.25. The van der Waals surface area contributed by atoms with Crippen LogP contribution in [0.3, 0.4) is 0 Å². The Labute approximate surface area is 150 Å². The summed E-state index contributed by atoms with van der Waals surface area (Å²) in [6.07, 6.45) is 3.26. The van der Waals surface area contributed by atoms with E-state index in [4.69, 9.17) is 0 Å². The Balaban J connectivity index is 1.56. The lowest BCUT2D eigenvalue weighted by molar-refractivity contribution is 0.585. The van der Waals surface area contributed by atoms with Crippen molar-refractivity contribution in [3.8, 4) is 5.82 Å². The third-order valence-corrected chi connectivity index (χ3v) is 6.27. The van der Waals surface area contributed by atoms with E-state index < -0.39 is 10.0 Å². The summed E-state index contributed by atoms with van der Waals surface area (Å²) in [5.41, 5.74) is 0.895.